The van der Waals surface area contributed by atoms with E-state index in [1.807, 2.05) is 6.08 Å². The molecule has 2 aliphatic heterocycles. The Morgan fingerprint density at radius 2 is 2.18 bits per heavy atom. The molecule has 0 saturated carbocycles. The summed E-state index contributed by atoms with van der Waals surface area (Å²) < 4.78 is 0. The van der Waals surface area contributed by atoms with Crippen molar-refractivity contribution in [3.8, 4) is 0 Å². The normalized spacial score (nSPS) is 27.6. The Labute approximate surface area is 68.3 Å². The van der Waals surface area contributed by atoms with Crippen molar-refractivity contribution < 1.29 is 0 Å². The Bertz CT molecular complexity index is 153. The van der Waals surface area contributed by atoms with Gasteiger partial charge in [-0.3, -0.25) is 0 Å². The minimum atomic E-state index is 0.696. The van der Waals surface area contributed by atoms with Crippen LogP contribution in [0.5, 0.6) is 0 Å². The summed E-state index contributed by atoms with van der Waals surface area (Å²) in [7, 11) is 0. The summed E-state index contributed by atoms with van der Waals surface area (Å²) in [5.74, 6) is 0. The lowest BCUT2D eigenvalue weighted by Crippen LogP contribution is -2.70. The molecule has 2 aliphatic rings. The van der Waals surface area contributed by atoms with Crippen LogP contribution in [-0.2, 0) is 0 Å². The molecule has 0 amide bonds. The zero-order valence-corrected chi connectivity index (χ0v) is 6.97. The van der Waals surface area contributed by atoms with E-state index in [0.29, 0.717) is 5.41 Å². The standard InChI is InChI=1S/C9H16N2/c1-2-3-4-11-7-9(8-11)5-10-6-9/h2,10H,1,3-8H2. The summed E-state index contributed by atoms with van der Waals surface area (Å²) in [6.45, 7) is 10.1. The van der Waals surface area contributed by atoms with Crippen LogP contribution in [0.3, 0.4) is 0 Å². The molecule has 0 radical (unpaired) electrons. The van der Waals surface area contributed by atoms with Crippen molar-refractivity contribution in [1.82, 2.24) is 10.2 Å². The minimum absolute atomic E-state index is 0.696. The van der Waals surface area contributed by atoms with Gasteiger partial charge in [-0.05, 0) is 6.42 Å². The maximum atomic E-state index is 3.72. The summed E-state index contributed by atoms with van der Waals surface area (Å²) in [5.41, 5.74) is 0.696. The fourth-order valence-corrected chi connectivity index (χ4v) is 2.04. The minimum Gasteiger partial charge on any atom is -0.315 e. The van der Waals surface area contributed by atoms with Crippen LogP contribution in [0.1, 0.15) is 6.42 Å². The van der Waals surface area contributed by atoms with Gasteiger partial charge in [0.15, 0.2) is 0 Å². The lowest BCUT2D eigenvalue weighted by molar-refractivity contribution is -0.0378. The molecule has 11 heavy (non-hydrogen) atoms. The number of nitrogens with zero attached hydrogens (tertiary/aromatic N) is 1. The monoisotopic (exact) mass is 152 g/mol. The number of nitrogens with one attached hydrogen (secondary N) is 1. The molecule has 0 bridgehead atoms. The first kappa shape index (κ1) is 7.32. The van der Waals surface area contributed by atoms with Gasteiger partial charge >= 0.3 is 0 Å². The number of likely N-dealkylation sites (tertiary alicyclic amines) is 1. The van der Waals surface area contributed by atoms with Gasteiger partial charge in [0, 0.05) is 38.1 Å². The third kappa shape index (κ3) is 1.21. The number of hydrogen-bond donors (Lipinski definition) is 1. The fourth-order valence-electron chi connectivity index (χ4n) is 2.04. The zero-order chi connectivity index (χ0) is 7.73. The molecule has 1 spiro atoms. The summed E-state index contributed by atoms with van der Waals surface area (Å²) in [4.78, 5) is 2.52. The van der Waals surface area contributed by atoms with E-state index < -0.39 is 0 Å². The molecule has 2 rings (SSSR count). The number of rotatable bonds is 3. The van der Waals surface area contributed by atoms with E-state index in [0.717, 1.165) is 6.42 Å². The van der Waals surface area contributed by atoms with Crippen LogP contribution in [0.4, 0.5) is 0 Å². The van der Waals surface area contributed by atoms with Crippen molar-refractivity contribution in [2.45, 2.75) is 6.42 Å². The molecule has 0 atom stereocenters. The van der Waals surface area contributed by atoms with Gasteiger partial charge in [-0.1, -0.05) is 6.08 Å². The molecule has 0 aromatic carbocycles. The molecule has 2 heterocycles. The van der Waals surface area contributed by atoms with Gasteiger partial charge < -0.3 is 10.2 Å². The zero-order valence-electron chi connectivity index (χ0n) is 6.97. The topological polar surface area (TPSA) is 15.3 Å². The van der Waals surface area contributed by atoms with Crippen molar-refractivity contribution in [2.24, 2.45) is 5.41 Å². The largest absolute Gasteiger partial charge is 0.315 e. The third-order valence-corrected chi connectivity index (χ3v) is 2.77. The summed E-state index contributed by atoms with van der Waals surface area (Å²) >= 11 is 0. The van der Waals surface area contributed by atoms with Crippen LogP contribution >= 0.6 is 0 Å². The summed E-state index contributed by atoms with van der Waals surface area (Å²) in [6.07, 6.45) is 3.15. The van der Waals surface area contributed by atoms with Gasteiger partial charge in [0.05, 0.1) is 0 Å². The molecule has 2 nitrogen and oxygen atoms in total. The first-order valence-electron chi connectivity index (χ1n) is 4.39. The molecule has 2 fully saturated rings. The van der Waals surface area contributed by atoms with Crippen LogP contribution in [-0.4, -0.2) is 37.6 Å². The van der Waals surface area contributed by atoms with Gasteiger partial charge in [0.1, 0.15) is 0 Å². The molecule has 0 aliphatic carbocycles. The molecule has 0 unspecified atom stereocenters. The van der Waals surface area contributed by atoms with Gasteiger partial charge in [-0.15, -0.1) is 6.58 Å². The predicted molar refractivity (Wildman–Crippen MR) is 46.6 cm³/mol. The van der Waals surface area contributed by atoms with Crippen LogP contribution in [0.15, 0.2) is 12.7 Å². The maximum Gasteiger partial charge on any atom is 0.0207 e. The van der Waals surface area contributed by atoms with Crippen molar-refractivity contribution in [3.05, 3.63) is 12.7 Å². The van der Waals surface area contributed by atoms with Gasteiger partial charge in [0.25, 0.3) is 0 Å². The molecule has 62 valence electrons. The average Bonchev–Trinajstić information content (AvgIpc) is 1.81. The van der Waals surface area contributed by atoms with E-state index in [1.165, 1.54) is 32.7 Å². The SMILES string of the molecule is C=CCCN1CC2(CNC2)C1. The predicted octanol–water partition coefficient (Wildman–Crippen LogP) is 0.468. The highest BCUT2D eigenvalue weighted by Crippen LogP contribution is 2.33. The van der Waals surface area contributed by atoms with Gasteiger partial charge in [-0.25, -0.2) is 0 Å². The van der Waals surface area contributed by atoms with E-state index in [4.69, 9.17) is 0 Å². The quantitative estimate of drug-likeness (QED) is 0.591. The molecule has 0 aromatic heterocycles. The van der Waals surface area contributed by atoms with Crippen molar-refractivity contribution in [1.29, 1.82) is 0 Å². The molecular weight excluding hydrogens is 136 g/mol. The Morgan fingerprint density at radius 1 is 1.45 bits per heavy atom. The lowest BCUT2D eigenvalue weighted by Gasteiger charge is -2.56. The van der Waals surface area contributed by atoms with Crippen LogP contribution in [0.25, 0.3) is 0 Å². The second kappa shape index (κ2) is 2.61. The van der Waals surface area contributed by atoms with Crippen molar-refractivity contribution >= 4 is 0 Å². The Balaban J connectivity index is 1.67. The highest BCUT2D eigenvalue weighted by atomic mass is 15.3. The second-order valence-electron chi connectivity index (χ2n) is 3.89. The molecule has 0 aromatic rings. The van der Waals surface area contributed by atoms with Crippen LogP contribution in [0, 0.1) is 5.41 Å². The van der Waals surface area contributed by atoms with Gasteiger partial charge in [-0.2, -0.15) is 0 Å². The Morgan fingerprint density at radius 3 is 2.64 bits per heavy atom. The maximum absolute atomic E-state index is 3.72. The summed E-state index contributed by atoms with van der Waals surface area (Å²) in [5, 5.41) is 3.33. The van der Waals surface area contributed by atoms with Crippen molar-refractivity contribution in [3.63, 3.8) is 0 Å². The Hall–Kier alpha value is -0.340. The third-order valence-electron chi connectivity index (χ3n) is 2.77. The number of hydrogen-bond acceptors (Lipinski definition) is 2. The second-order valence-corrected chi connectivity index (χ2v) is 3.89. The molecule has 2 saturated heterocycles. The van der Waals surface area contributed by atoms with Crippen LogP contribution < -0.4 is 5.32 Å². The van der Waals surface area contributed by atoms with E-state index in [9.17, 15) is 0 Å². The first-order valence-corrected chi connectivity index (χ1v) is 4.39. The average molecular weight is 152 g/mol. The lowest BCUT2D eigenvalue weighted by atomic mass is 9.74. The highest BCUT2D eigenvalue weighted by Gasteiger charge is 2.46. The Kier molecular flexibility index (Phi) is 1.74. The summed E-state index contributed by atoms with van der Waals surface area (Å²) in [6, 6.07) is 0. The van der Waals surface area contributed by atoms with E-state index >= 15 is 0 Å². The molecule has 2 heteroatoms. The van der Waals surface area contributed by atoms with E-state index in [1.54, 1.807) is 0 Å². The fraction of sp³-hybridized carbons (Fsp3) is 0.778. The van der Waals surface area contributed by atoms with E-state index in [2.05, 4.69) is 16.8 Å². The van der Waals surface area contributed by atoms with Gasteiger partial charge in [0.2, 0.25) is 0 Å². The first-order chi connectivity index (χ1) is 5.35. The molecular formula is C9H16N2. The molecule has 1 N–H and O–H groups in total. The smallest absolute Gasteiger partial charge is 0.0207 e. The van der Waals surface area contributed by atoms with Crippen LogP contribution in [0.2, 0.25) is 0 Å². The van der Waals surface area contributed by atoms with E-state index in [-0.39, 0.29) is 0 Å². The van der Waals surface area contributed by atoms with Crippen molar-refractivity contribution in [2.75, 3.05) is 32.7 Å². The highest BCUT2D eigenvalue weighted by molar-refractivity contribution is 5.03.